The molecule has 2 bridgehead atoms. The van der Waals surface area contributed by atoms with Crippen molar-refractivity contribution in [3.63, 3.8) is 0 Å². The van der Waals surface area contributed by atoms with Gasteiger partial charge in [0.05, 0.1) is 23.0 Å². The van der Waals surface area contributed by atoms with Crippen LogP contribution in [0.5, 0.6) is 0 Å². The van der Waals surface area contributed by atoms with Crippen LogP contribution in [0.25, 0.3) is 0 Å². The molecule has 1 saturated carbocycles. The highest BCUT2D eigenvalue weighted by atomic mass is 16.4. The number of hydrogen-bond donors (Lipinski definition) is 0. The van der Waals surface area contributed by atoms with Crippen molar-refractivity contribution in [3.8, 4) is 0 Å². The topological polar surface area (TPSA) is 77.5 Å². The normalized spacial score (nSPS) is 35.3. The Hall–Kier alpha value is -2.43. The number of carboxylic acids is 1. The molecular formula is C17H14NO4-. The maximum absolute atomic E-state index is 12.9. The fourth-order valence-corrected chi connectivity index (χ4v) is 4.30. The number of hydrogen-bond acceptors (Lipinski definition) is 4. The van der Waals surface area contributed by atoms with Gasteiger partial charge in [-0.05, 0) is 42.9 Å². The lowest BCUT2D eigenvalue weighted by Crippen LogP contribution is -2.37. The molecule has 1 heterocycles. The number of imide groups is 1. The fourth-order valence-electron chi connectivity index (χ4n) is 4.30. The highest BCUT2D eigenvalue weighted by Crippen LogP contribution is 2.60. The lowest BCUT2D eigenvalue weighted by atomic mass is 9.71. The third kappa shape index (κ3) is 1.41. The number of amides is 2. The predicted octanol–water partition coefficient (Wildman–Crippen LogP) is 0.752. The summed E-state index contributed by atoms with van der Waals surface area (Å²) in [6.45, 7) is 1.88. The smallest absolute Gasteiger partial charge is 0.241 e. The zero-order chi connectivity index (χ0) is 15.6. The van der Waals surface area contributed by atoms with E-state index in [1.807, 2.05) is 13.0 Å². The third-order valence-corrected chi connectivity index (χ3v) is 5.47. The number of anilines is 1. The van der Waals surface area contributed by atoms with Gasteiger partial charge in [0.1, 0.15) is 0 Å². The van der Waals surface area contributed by atoms with E-state index in [0.29, 0.717) is 5.69 Å². The third-order valence-electron chi connectivity index (χ3n) is 5.47. The van der Waals surface area contributed by atoms with E-state index in [4.69, 9.17) is 0 Å². The summed E-state index contributed by atoms with van der Waals surface area (Å²) in [4.78, 5) is 37.6. The van der Waals surface area contributed by atoms with Crippen LogP contribution in [0, 0.1) is 23.2 Å². The molecule has 22 heavy (non-hydrogen) atoms. The summed E-state index contributed by atoms with van der Waals surface area (Å²) in [5.41, 5.74) is -0.213. The Labute approximate surface area is 127 Å². The summed E-state index contributed by atoms with van der Waals surface area (Å²) >= 11 is 0. The number of allylic oxidation sites excluding steroid dienone is 2. The van der Waals surface area contributed by atoms with Crippen LogP contribution in [0.3, 0.4) is 0 Å². The van der Waals surface area contributed by atoms with Crippen LogP contribution in [0.4, 0.5) is 5.69 Å². The zero-order valence-corrected chi connectivity index (χ0v) is 12.0. The fraction of sp³-hybridized carbons (Fsp3) is 0.353. The van der Waals surface area contributed by atoms with Crippen LogP contribution in [0.15, 0.2) is 36.4 Å². The molecule has 3 aliphatic rings. The molecule has 0 unspecified atom stereocenters. The standard InChI is InChI=1S/C17H15NO4/c1-17-11-5-2-10(8-11)13(17)14(19)18(16(17)22)12-6-3-9(4-7-12)15(20)21/h2-7,10-11,13H,8H2,1H3,(H,20,21)/p-1/t10-,11-,13+,17+/m0/s1. The molecule has 1 aromatic carbocycles. The average Bonchev–Trinajstić information content (AvgIpc) is 3.12. The van der Waals surface area contributed by atoms with Crippen molar-refractivity contribution in [2.24, 2.45) is 23.2 Å². The van der Waals surface area contributed by atoms with Crippen molar-refractivity contribution in [2.45, 2.75) is 13.3 Å². The zero-order valence-electron chi connectivity index (χ0n) is 12.0. The minimum Gasteiger partial charge on any atom is -0.545 e. The Balaban J connectivity index is 1.74. The highest BCUT2D eigenvalue weighted by molar-refractivity contribution is 6.24. The summed E-state index contributed by atoms with van der Waals surface area (Å²) in [5, 5.41) is 10.8. The molecule has 5 nitrogen and oxygen atoms in total. The van der Waals surface area contributed by atoms with Crippen LogP contribution in [0.2, 0.25) is 0 Å². The predicted molar refractivity (Wildman–Crippen MR) is 75.6 cm³/mol. The minimum atomic E-state index is -1.28. The van der Waals surface area contributed by atoms with Gasteiger partial charge in [-0.15, -0.1) is 0 Å². The van der Waals surface area contributed by atoms with Gasteiger partial charge in [-0.1, -0.05) is 24.3 Å². The van der Waals surface area contributed by atoms with E-state index in [-0.39, 0.29) is 35.1 Å². The van der Waals surface area contributed by atoms with E-state index in [2.05, 4.69) is 6.08 Å². The lowest BCUT2D eigenvalue weighted by Gasteiger charge is -2.28. The van der Waals surface area contributed by atoms with Gasteiger partial charge in [0.2, 0.25) is 11.8 Å². The van der Waals surface area contributed by atoms with Crippen LogP contribution >= 0.6 is 0 Å². The van der Waals surface area contributed by atoms with Gasteiger partial charge >= 0.3 is 0 Å². The summed E-state index contributed by atoms with van der Waals surface area (Å²) < 4.78 is 0. The van der Waals surface area contributed by atoms with Crippen molar-refractivity contribution in [1.82, 2.24) is 0 Å². The Bertz CT molecular complexity index is 736. The molecule has 0 spiro atoms. The molecular weight excluding hydrogens is 282 g/mol. The van der Waals surface area contributed by atoms with Crippen molar-refractivity contribution in [3.05, 3.63) is 42.0 Å². The molecule has 5 heteroatoms. The largest absolute Gasteiger partial charge is 0.545 e. The SMILES string of the molecule is C[C@]12C(=O)N(c3ccc(C(=O)[O-])cc3)C(=O)[C@H]1[C@H]1C=C[C@H]2C1. The summed E-state index contributed by atoms with van der Waals surface area (Å²) in [6, 6.07) is 5.68. The maximum Gasteiger partial charge on any atom is 0.241 e. The molecule has 2 amide bonds. The number of nitrogens with zero attached hydrogens (tertiary/aromatic N) is 1. The van der Waals surface area contributed by atoms with Gasteiger partial charge in [0.25, 0.3) is 0 Å². The summed E-state index contributed by atoms with van der Waals surface area (Å²) in [7, 11) is 0. The van der Waals surface area contributed by atoms with Crippen molar-refractivity contribution in [2.75, 3.05) is 4.90 Å². The molecule has 2 aliphatic carbocycles. The van der Waals surface area contributed by atoms with E-state index in [0.717, 1.165) is 6.42 Å². The number of aromatic carboxylic acids is 1. The maximum atomic E-state index is 12.9. The molecule has 0 N–H and O–H groups in total. The van der Waals surface area contributed by atoms with E-state index in [1.54, 1.807) is 0 Å². The monoisotopic (exact) mass is 296 g/mol. The Kier molecular flexibility index (Phi) is 2.45. The van der Waals surface area contributed by atoms with Gasteiger partial charge in [0.15, 0.2) is 0 Å². The molecule has 0 radical (unpaired) electrons. The van der Waals surface area contributed by atoms with Crippen LogP contribution in [-0.2, 0) is 9.59 Å². The Morgan fingerprint density at radius 1 is 1.23 bits per heavy atom. The molecule has 1 aliphatic heterocycles. The molecule has 112 valence electrons. The quantitative estimate of drug-likeness (QED) is 0.596. The Morgan fingerprint density at radius 2 is 1.91 bits per heavy atom. The van der Waals surface area contributed by atoms with Gasteiger partial charge in [0, 0.05) is 0 Å². The molecule has 4 atom stereocenters. The summed E-state index contributed by atoms with van der Waals surface area (Å²) in [5.74, 6) is -1.68. The minimum absolute atomic E-state index is 0.0241. The average molecular weight is 296 g/mol. The van der Waals surface area contributed by atoms with Gasteiger partial charge in [-0.25, -0.2) is 4.90 Å². The number of benzene rings is 1. The van der Waals surface area contributed by atoms with Crippen molar-refractivity contribution >= 4 is 23.5 Å². The number of carbonyl (C=O) groups excluding carboxylic acids is 3. The molecule has 1 saturated heterocycles. The number of fused-ring (bicyclic) bond motifs is 5. The van der Waals surface area contributed by atoms with E-state index in [1.165, 1.54) is 29.2 Å². The highest BCUT2D eigenvalue weighted by Gasteiger charge is 2.67. The van der Waals surface area contributed by atoms with E-state index in [9.17, 15) is 19.5 Å². The molecule has 2 fully saturated rings. The van der Waals surface area contributed by atoms with Crippen LogP contribution < -0.4 is 10.0 Å². The first-order valence-corrected chi connectivity index (χ1v) is 7.32. The lowest BCUT2D eigenvalue weighted by molar-refractivity contribution is -0.255. The Morgan fingerprint density at radius 3 is 2.50 bits per heavy atom. The second kappa shape index (κ2) is 4.06. The van der Waals surface area contributed by atoms with Gasteiger partial charge < -0.3 is 9.90 Å². The van der Waals surface area contributed by atoms with E-state index >= 15 is 0 Å². The first kappa shape index (κ1) is 13.2. The van der Waals surface area contributed by atoms with Crippen LogP contribution in [0.1, 0.15) is 23.7 Å². The van der Waals surface area contributed by atoms with Crippen molar-refractivity contribution in [1.29, 1.82) is 0 Å². The number of rotatable bonds is 2. The van der Waals surface area contributed by atoms with E-state index < -0.39 is 11.4 Å². The first-order chi connectivity index (χ1) is 10.4. The summed E-state index contributed by atoms with van der Waals surface area (Å²) in [6.07, 6.45) is 4.97. The van der Waals surface area contributed by atoms with Crippen LogP contribution in [-0.4, -0.2) is 17.8 Å². The second-order valence-corrected chi connectivity index (χ2v) is 6.46. The second-order valence-electron chi connectivity index (χ2n) is 6.46. The number of carboxylic acid groups (broad SMARTS) is 1. The first-order valence-electron chi connectivity index (χ1n) is 7.32. The molecule has 0 aromatic heterocycles. The van der Waals surface area contributed by atoms with Gasteiger partial charge in [-0.2, -0.15) is 0 Å². The molecule has 1 aromatic rings. The van der Waals surface area contributed by atoms with Crippen molar-refractivity contribution < 1.29 is 19.5 Å². The molecule has 4 rings (SSSR count). The van der Waals surface area contributed by atoms with Gasteiger partial charge in [-0.3, -0.25) is 9.59 Å². The number of carbonyl (C=O) groups is 3.